The van der Waals surface area contributed by atoms with Crippen LogP contribution in [0.2, 0.25) is 0 Å². The lowest BCUT2D eigenvalue weighted by atomic mass is 9.73. The smallest absolute Gasteiger partial charge is 0.168 e. The molecule has 3 unspecified atom stereocenters. The van der Waals surface area contributed by atoms with Crippen LogP contribution in [-0.4, -0.2) is 40.8 Å². The fourth-order valence-electron chi connectivity index (χ4n) is 3.93. The van der Waals surface area contributed by atoms with Gasteiger partial charge < -0.3 is 10.2 Å². The monoisotopic (exact) mass is 510 g/mol. The minimum atomic E-state index is -0.603. The van der Waals surface area contributed by atoms with Gasteiger partial charge in [-0.2, -0.15) is 0 Å². The molecule has 0 fully saturated rings. The van der Waals surface area contributed by atoms with Crippen molar-refractivity contribution in [3.05, 3.63) is 83.2 Å². The molecule has 0 spiro atoms. The number of nitrogens with zero attached hydrogens (tertiary/aromatic N) is 1. The highest BCUT2D eigenvalue weighted by Crippen LogP contribution is 2.40. The van der Waals surface area contributed by atoms with Gasteiger partial charge >= 0.3 is 0 Å². The summed E-state index contributed by atoms with van der Waals surface area (Å²) in [6.07, 6.45) is 19.5. The minimum absolute atomic E-state index is 0.0379. The molecule has 3 atom stereocenters. The maximum absolute atomic E-state index is 10.6. The number of aliphatic hydroxyl groups excluding tert-OH is 2. The molecule has 2 aliphatic carbocycles. The zero-order valence-corrected chi connectivity index (χ0v) is 25.7. The van der Waals surface area contributed by atoms with Crippen molar-refractivity contribution >= 4 is 6.21 Å². The molecule has 0 saturated carbocycles. The van der Waals surface area contributed by atoms with Gasteiger partial charge in [-0.3, -0.25) is 0 Å². The van der Waals surface area contributed by atoms with Crippen LogP contribution in [-0.2, 0) is 0 Å². The zero-order valence-electron chi connectivity index (χ0n) is 25.7. The van der Waals surface area contributed by atoms with Crippen molar-refractivity contribution in [1.29, 1.82) is 0 Å². The van der Waals surface area contributed by atoms with Gasteiger partial charge in [-0.1, -0.05) is 90.8 Å². The summed E-state index contributed by atoms with van der Waals surface area (Å²) in [5.74, 6) is 1.07. The van der Waals surface area contributed by atoms with Crippen LogP contribution < -0.4 is 0 Å². The van der Waals surface area contributed by atoms with Crippen molar-refractivity contribution in [1.82, 2.24) is 0 Å². The van der Waals surface area contributed by atoms with E-state index in [1.165, 1.54) is 16.7 Å². The second kappa shape index (κ2) is 17.3. The second-order valence-electron chi connectivity index (χ2n) is 11.5. The molecule has 0 aromatic rings. The predicted octanol–water partition coefficient (Wildman–Crippen LogP) is 8.20. The molecule has 0 heterocycles. The molecule has 0 radical (unpaired) electrons. The number of allylic oxidation sites excluding steroid dienone is 10. The molecule has 2 rings (SSSR count). The van der Waals surface area contributed by atoms with Crippen molar-refractivity contribution in [2.24, 2.45) is 23.2 Å². The van der Waals surface area contributed by atoms with Gasteiger partial charge in [0.15, 0.2) is 12.4 Å². The van der Waals surface area contributed by atoms with Crippen molar-refractivity contribution in [3.63, 3.8) is 0 Å². The number of hydrogen-bond acceptors (Lipinski definition) is 2. The maximum Gasteiger partial charge on any atom is 0.168 e. The largest absolute Gasteiger partial charge is 0.396 e. The van der Waals surface area contributed by atoms with Crippen LogP contribution in [0.15, 0.2) is 83.2 Å². The highest BCUT2D eigenvalue weighted by Gasteiger charge is 2.26. The summed E-state index contributed by atoms with van der Waals surface area (Å²) in [7, 11) is 1.94. The van der Waals surface area contributed by atoms with E-state index in [0.717, 1.165) is 23.5 Å². The molecule has 0 amide bonds. The van der Waals surface area contributed by atoms with Crippen LogP contribution in [0.5, 0.6) is 0 Å². The molecule has 0 aliphatic heterocycles. The Morgan fingerprint density at radius 2 is 1.70 bits per heavy atom. The van der Waals surface area contributed by atoms with Crippen molar-refractivity contribution in [2.45, 2.75) is 88.2 Å². The Balaban J connectivity index is 0.00000196. The first-order chi connectivity index (χ1) is 17.3. The van der Waals surface area contributed by atoms with Gasteiger partial charge in [0.1, 0.15) is 7.05 Å². The average Bonchev–Trinajstić information content (AvgIpc) is 2.82. The molecule has 3 heteroatoms. The number of hydrogen-bond donors (Lipinski definition) is 2. The van der Waals surface area contributed by atoms with Gasteiger partial charge in [-0.25, -0.2) is 4.58 Å². The Bertz CT molecular complexity index is 927. The van der Waals surface area contributed by atoms with Crippen molar-refractivity contribution < 1.29 is 14.8 Å². The summed E-state index contributed by atoms with van der Waals surface area (Å²) in [5.41, 5.74) is 6.18. The van der Waals surface area contributed by atoms with Crippen LogP contribution in [0, 0.1) is 23.2 Å². The number of fused-ring (bicyclic) bond motifs is 1. The summed E-state index contributed by atoms with van der Waals surface area (Å²) < 4.78 is 1.90. The highest BCUT2D eigenvalue weighted by atomic mass is 16.3. The Morgan fingerprint density at radius 1 is 1.11 bits per heavy atom. The average molecular weight is 511 g/mol. The lowest BCUT2D eigenvalue weighted by Crippen LogP contribution is -2.19. The van der Waals surface area contributed by atoms with Crippen molar-refractivity contribution in [2.75, 3.05) is 13.7 Å². The Kier molecular flexibility index (Phi) is 16.3. The van der Waals surface area contributed by atoms with Gasteiger partial charge in [0.25, 0.3) is 0 Å². The summed E-state index contributed by atoms with van der Waals surface area (Å²) >= 11 is 0. The molecule has 208 valence electrons. The Morgan fingerprint density at radius 3 is 2.22 bits per heavy atom. The summed E-state index contributed by atoms with van der Waals surface area (Å²) in [6, 6.07) is 0. The zero-order chi connectivity index (χ0) is 28.8. The van der Waals surface area contributed by atoms with E-state index in [9.17, 15) is 10.2 Å². The van der Waals surface area contributed by atoms with E-state index in [-0.39, 0.29) is 17.9 Å². The molecule has 2 bridgehead atoms. The normalized spacial score (nSPS) is 26.7. The lowest BCUT2D eigenvalue weighted by Gasteiger charge is -2.32. The molecule has 2 N–H and O–H groups in total. The van der Waals surface area contributed by atoms with Crippen LogP contribution >= 0.6 is 0 Å². The van der Waals surface area contributed by atoms with E-state index in [1.807, 2.05) is 50.8 Å². The quantitative estimate of drug-likeness (QED) is 0.227. The molecule has 37 heavy (non-hydrogen) atoms. The second-order valence-corrected chi connectivity index (χ2v) is 11.5. The first-order valence-corrected chi connectivity index (χ1v) is 13.9. The molecule has 0 aromatic heterocycles. The standard InChI is InChI=1S/C28H40NO2.C4H10.C2H6/c1-8-29(7)13-9-10-23-16-25-18-26(28(4,5)6)17-24(21(25)3)12-11-22(19-30)15-27(31)14-20(23)2;1-4(2)3;1-2/h8-14,16,18,22,24,27,30-31H,1,15,17,19H2,2-7H3;4H,1-3H3;1-2H3/q+1;;/b10-9+,12-11-,20-14+,23-16-,29-13?;;. The van der Waals surface area contributed by atoms with Gasteiger partial charge in [0.2, 0.25) is 0 Å². The van der Waals surface area contributed by atoms with Crippen LogP contribution in [0.4, 0.5) is 0 Å². The van der Waals surface area contributed by atoms with E-state index >= 15 is 0 Å². The number of rotatable bonds is 4. The van der Waals surface area contributed by atoms with Crippen LogP contribution in [0.3, 0.4) is 0 Å². The van der Waals surface area contributed by atoms with Crippen molar-refractivity contribution in [3.8, 4) is 0 Å². The molecule has 3 nitrogen and oxygen atoms in total. The molecular weight excluding hydrogens is 454 g/mol. The minimum Gasteiger partial charge on any atom is -0.396 e. The maximum atomic E-state index is 10.6. The van der Waals surface area contributed by atoms with Crippen LogP contribution in [0.25, 0.3) is 0 Å². The molecule has 2 aliphatic rings. The van der Waals surface area contributed by atoms with E-state index < -0.39 is 6.10 Å². The third-order valence-corrected chi connectivity index (χ3v) is 6.23. The van der Waals surface area contributed by atoms with E-state index in [0.29, 0.717) is 12.3 Å². The van der Waals surface area contributed by atoms with Gasteiger partial charge in [0, 0.05) is 24.5 Å². The lowest BCUT2D eigenvalue weighted by molar-refractivity contribution is -0.415. The summed E-state index contributed by atoms with van der Waals surface area (Å²) in [4.78, 5) is 0. The van der Waals surface area contributed by atoms with Gasteiger partial charge in [-0.05, 0) is 73.5 Å². The van der Waals surface area contributed by atoms with E-state index in [2.05, 4.69) is 85.4 Å². The molecule has 0 saturated heterocycles. The van der Waals surface area contributed by atoms with Gasteiger partial charge in [0.05, 0.1) is 6.10 Å². The molecular formula is C34H56NO2+. The highest BCUT2D eigenvalue weighted by molar-refractivity contribution is 5.68. The summed E-state index contributed by atoms with van der Waals surface area (Å²) in [5, 5.41) is 20.5. The van der Waals surface area contributed by atoms with Gasteiger partial charge in [-0.15, -0.1) is 0 Å². The number of aliphatic hydroxyl groups is 2. The Labute approximate surface area is 229 Å². The SMILES string of the molecule is C=C[N+](C)=C/C=C/C1=C/C2=C(C)C(/C=C\C(CO)CC(O)\C=C\1C)CC(C(C)(C)C)=C2.CC.CC(C)C. The first kappa shape index (κ1) is 34.8. The topological polar surface area (TPSA) is 43.5 Å². The Hall–Kier alpha value is -2.23. The predicted molar refractivity (Wildman–Crippen MR) is 164 cm³/mol. The third-order valence-electron chi connectivity index (χ3n) is 6.23. The molecule has 0 aromatic carbocycles. The first-order valence-electron chi connectivity index (χ1n) is 13.9. The van der Waals surface area contributed by atoms with Crippen LogP contribution in [0.1, 0.15) is 82.1 Å². The van der Waals surface area contributed by atoms with E-state index in [1.54, 1.807) is 6.20 Å². The third kappa shape index (κ3) is 13.2. The fourth-order valence-corrected chi connectivity index (χ4v) is 3.93. The van der Waals surface area contributed by atoms with E-state index in [4.69, 9.17) is 0 Å². The fraction of sp³-hybridized carbons (Fsp3) is 0.559. The summed E-state index contributed by atoms with van der Waals surface area (Å²) in [6.45, 7) is 25.4.